The Kier molecular flexibility index (Phi) is 3.64. The zero-order valence-corrected chi connectivity index (χ0v) is 16.1. The van der Waals surface area contributed by atoms with E-state index < -0.39 is 0 Å². The van der Waals surface area contributed by atoms with Gasteiger partial charge in [-0.25, -0.2) is 0 Å². The molecule has 0 saturated heterocycles. The summed E-state index contributed by atoms with van der Waals surface area (Å²) in [5.74, 6) is 6.49. The summed E-state index contributed by atoms with van der Waals surface area (Å²) in [6, 6.07) is 0. The Morgan fingerprint density at radius 1 is 0.560 bits per heavy atom. The van der Waals surface area contributed by atoms with E-state index >= 15 is 0 Å². The van der Waals surface area contributed by atoms with E-state index in [4.69, 9.17) is 0 Å². The van der Waals surface area contributed by atoms with E-state index in [1.807, 2.05) is 0 Å². The normalized spacial score (nSPS) is 55.2. The Morgan fingerprint density at radius 2 is 1.00 bits per heavy atom. The van der Waals surface area contributed by atoms with Crippen LogP contribution in [0.15, 0.2) is 0 Å². The molecule has 2 heteroatoms. The zero-order chi connectivity index (χ0) is 16.5. The summed E-state index contributed by atoms with van der Waals surface area (Å²) < 4.78 is 0. The molecule has 0 radical (unpaired) electrons. The van der Waals surface area contributed by atoms with Crippen molar-refractivity contribution in [2.45, 2.75) is 82.6 Å². The third kappa shape index (κ3) is 2.81. The molecule has 25 heavy (non-hydrogen) atoms. The molecule has 0 aromatic carbocycles. The largest absolute Gasteiger partial charge is 0.315 e. The minimum Gasteiger partial charge on any atom is -0.315 e. The zero-order valence-electron chi connectivity index (χ0n) is 16.1. The molecule has 0 heterocycles. The van der Waals surface area contributed by atoms with Gasteiger partial charge in [0.25, 0.3) is 0 Å². The molecule has 8 aliphatic carbocycles. The second-order valence-electron chi connectivity index (χ2n) is 11.7. The van der Waals surface area contributed by atoms with Crippen LogP contribution in [0.5, 0.6) is 0 Å². The molecule has 0 spiro atoms. The molecule has 0 amide bonds. The topological polar surface area (TPSA) is 24.1 Å². The van der Waals surface area contributed by atoms with Crippen molar-refractivity contribution in [1.82, 2.24) is 10.6 Å². The van der Waals surface area contributed by atoms with Gasteiger partial charge in [0, 0.05) is 25.2 Å². The number of hydrogen-bond acceptors (Lipinski definition) is 2. The first kappa shape index (κ1) is 15.9. The van der Waals surface area contributed by atoms with Crippen LogP contribution in [-0.4, -0.2) is 25.2 Å². The van der Waals surface area contributed by atoms with Crippen molar-refractivity contribution < 1.29 is 0 Å². The second-order valence-corrected chi connectivity index (χ2v) is 11.7. The number of rotatable bonds is 6. The minimum atomic E-state index is 0.553. The Balaban J connectivity index is 0.996. The molecular weight excluding hydrogens is 304 g/mol. The maximum Gasteiger partial charge on any atom is 0.0190 e. The highest BCUT2D eigenvalue weighted by Gasteiger charge is 2.51. The lowest BCUT2D eigenvalue weighted by Gasteiger charge is -2.57. The van der Waals surface area contributed by atoms with Gasteiger partial charge in [0.15, 0.2) is 0 Å². The average molecular weight is 343 g/mol. The molecule has 8 saturated carbocycles. The summed E-state index contributed by atoms with van der Waals surface area (Å²) in [5, 5.41) is 7.99. The minimum absolute atomic E-state index is 0.553. The maximum absolute atomic E-state index is 4.07. The molecule has 8 bridgehead atoms. The molecule has 2 N–H and O–H groups in total. The number of hydrogen-bond donors (Lipinski definition) is 2. The smallest absolute Gasteiger partial charge is 0.0190 e. The first-order valence-corrected chi connectivity index (χ1v) is 11.6. The third-order valence-electron chi connectivity index (χ3n) is 9.51. The quantitative estimate of drug-likeness (QED) is 0.701. The Bertz CT molecular complexity index is 408. The summed E-state index contributed by atoms with van der Waals surface area (Å²) in [7, 11) is 0. The van der Waals surface area contributed by atoms with Crippen LogP contribution >= 0.6 is 0 Å². The summed E-state index contributed by atoms with van der Waals surface area (Å²) in [6.07, 6.45) is 18.5. The van der Waals surface area contributed by atoms with Gasteiger partial charge in [0.1, 0.15) is 0 Å². The monoisotopic (exact) mass is 342 g/mol. The molecule has 8 fully saturated rings. The van der Waals surface area contributed by atoms with Crippen LogP contribution in [0.1, 0.15) is 77.0 Å². The lowest BCUT2D eigenvalue weighted by molar-refractivity contribution is -0.0514. The standard InChI is InChI=1S/C23H38N2/c1(2-25-23-12-19-6-20(13-23)8-21(7-19)14-23)24-15-22-9-16-3-17(10-22)5-18(4-16)11-22/h16-21,24-25H,1-15H2. The van der Waals surface area contributed by atoms with Crippen molar-refractivity contribution >= 4 is 0 Å². The van der Waals surface area contributed by atoms with Crippen LogP contribution < -0.4 is 10.6 Å². The summed E-state index contributed by atoms with van der Waals surface area (Å²) in [5.41, 5.74) is 1.26. The van der Waals surface area contributed by atoms with E-state index in [1.165, 1.54) is 38.9 Å². The van der Waals surface area contributed by atoms with Gasteiger partial charge in [0.2, 0.25) is 0 Å². The van der Waals surface area contributed by atoms with Crippen LogP contribution in [0.3, 0.4) is 0 Å². The van der Waals surface area contributed by atoms with Crippen molar-refractivity contribution in [2.75, 3.05) is 19.6 Å². The van der Waals surface area contributed by atoms with Crippen molar-refractivity contribution in [3.8, 4) is 0 Å². The van der Waals surface area contributed by atoms with Crippen LogP contribution in [-0.2, 0) is 0 Å². The van der Waals surface area contributed by atoms with E-state index in [9.17, 15) is 0 Å². The molecule has 0 aromatic heterocycles. The molecule has 8 aliphatic rings. The highest BCUT2D eigenvalue weighted by molar-refractivity contribution is 5.06. The lowest BCUT2D eigenvalue weighted by atomic mass is 9.49. The van der Waals surface area contributed by atoms with Crippen molar-refractivity contribution in [2.24, 2.45) is 40.9 Å². The van der Waals surface area contributed by atoms with Gasteiger partial charge in [-0.05, 0) is 118 Å². The Hall–Kier alpha value is -0.0800. The molecule has 0 aliphatic heterocycles. The van der Waals surface area contributed by atoms with E-state index in [0.717, 1.165) is 35.5 Å². The van der Waals surface area contributed by atoms with Gasteiger partial charge in [-0.15, -0.1) is 0 Å². The lowest BCUT2D eigenvalue weighted by Crippen LogP contribution is -2.59. The van der Waals surface area contributed by atoms with Crippen LogP contribution in [0.2, 0.25) is 0 Å². The summed E-state index contributed by atoms with van der Waals surface area (Å²) in [4.78, 5) is 0. The number of nitrogens with one attached hydrogen (secondary N) is 2. The maximum atomic E-state index is 4.07. The SMILES string of the molecule is C(CNC12CC3CC(CC(C3)C1)C2)NCC12CC3CC(CC(C3)C1)C2. The molecular formula is C23H38N2. The molecule has 140 valence electrons. The average Bonchev–Trinajstić information content (AvgIpc) is 2.51. The van der Waals surface area contributed by atoms with Gasteiger partial charge in [-0.2, -0.15) is 0 Å². The van der Waals surface area contributed by atoms with Crippen LogP contribution in [0.25, 0.3) is 0 Å². The Labute approximate surface area is 154 Å². The van der Waals surface area contributed by atoms with Crippen LogP contribution in [0, 0.1) is 40.9 Å². The first-order valence-electron chi connectivity index (χ1n) is 11.6. The second kappa shape index (κ2) is 5.71. The van der Waals surface area contributed by atoms with E-state index in [-0.39, 0.29) is 0 Å². The molecule has 2 nitrogen and oxygen atoms in total. The highest BCUT2D eigenvalue weighted by atomic mass is 15.0. The Morgan fingerprint density at radius 3 is 1.48 bits per heavy atom. The van der Waals surface area contributed by atoms with Gasteiger partial charge in [0.05, 0.1) is 0 Å². The van der Waals surface area contributed by atoms with Gasteiger partial charge >= 0.3 is 0 Å². The van der Waals surface area contributed by atoms with Crippen molar-refractivity contribution in [3.63, 3.8) is 0 Å². The fraction of sp³-hybridized carbons (Fsp3) is 1.00. The van der Waals surface area contributed by atoms with Crippen molar-refractivity contribution in [3.05, 3.63) is 0 Å². The van der Waals surface area contributed by atoms with Gasteiger partial charge < -0.3 is 10.6 Å². The van der Waals surface area contributed by atoms with Gasteiger partial charge in [-0.3, -0.25) is 0 Å². The van der Waals surface area contributed by atoms with Crippen LogP contribution in [0.4, 0.5) is 0 Å². The van der Waals surface area contributed by atoms with E-state index in [2.05, 4.69) is 10.6 Å². The molecule has 0 aromatic rings. The fourth-order valence-electron chi connectivity index (χ4n) is 9.60. The molecule has 0 atom stereocenters. The predicted molar refractivity (Wildman–Crippen MR) is 102 cm³/mol. The van der Waals surface area contributed by atoms with E-state index in [0.29, 0.717) is 11.0 Å². The fourth-order valence-corrected chi connectivity index (χ4v) is 9.60. The van der Waals surface area contributed by atoms with Gasteiger partial charge in [-0.1, -0.05) is 0 Å². The first-order chi connectivity index (χ1) is 12.2. The van der Waals surface area contributed by atoms with Crippen molar-refractivity contribution in [1.29, 1.82) is 0 Å². The summed E-state index contributed by atoms with van der Waals surface area (Å²) in [6.45, 7) is 3.72. The van der Waals surface area contributed by atoms with E-state index in [1.54, 1.807) is 57.8 Å². The molecule has 8 rings (SSSR count). The summed E-state index contributed by atoms with van der Waals surface area (Å²) >= 11 is 0. The molecule has 0 unspecified atom stereocenters. The highest BCUT2D eigenvalue weighted by Crippen LogP contribution is 2.59. The predicted octanol–water partition coefficient (Wildman–Crippen LogP) is 4.35. The third-order valence-corrected chi connectivity index (χ3v) is 9.51.